The number of nitrogens with one attached hydrogen (secondary N) is 1. The highest BCUT2D eigenvalue weighted by Crippen LogP contribution is 2.16. The van der Waals surface area contributed by atoms with Gasteiger partial charge in [0, 0.05) is 11.3 Å². The maximum atomic E-state index is 12.9. The molecule has 0 bridgehead atoms. The number of nitrogens with two attached hydrogens (primary N) is 1. The maximum Gasteiger partial charge on any atom is 0.257 e. The first-order valence-corrected chi connectivity index (χ1v) is 5.37. The summed E-state index contributed by atoms with van der Waals surface area (Å²) < 4.78 is 12.9. The molecule has 5 heteroatoms. The number of carbonyl (C=O) groups is 1. The van der Waals surface area contributed by atoms with Crippen molar-refractivity contribution in [2.24, 2.45) is 0 Å². The Bertz CT molecular complexity index is 599. The Kier molecular flexibility index (Phi) is 3.23. The Labute approximate surface area is 104 Å². The molecule has 2 rings (SSSR count). The van der Waals surface area contributed by atoms with Gasteiger partial charge in [-0.1, -0.05) is 12.1 Å². The molecule has 0 aliphatic rings. The van der Waals surface area contributed by atoms with Crippen molar-refractivity contribution in [3.63, 3.8) is 0 Å². The van der Waals surface area contributed by atoms with E-state index in [0.717, 1.165) is 0 Å². The third-order valence-corrected chi connectivity index (χ3v) is 2.58. The highest BCUT2D eigenvalue weighted by atomic mass is 19.1. The molecule has 1 aromatic heterocycles. The van der Waals surface area contributed by atoms with Crippen molar-refractivity contribution in [3.05, 3.63) is 53.5 Å². The lowest BCUT2D eigenvalue weighted by atomic mass is 10.1. The molecule has 0 atom stereocenters. The van der Waals surface area contributed by atoms with Crippen LogP contribution in [0.2, 0.25) is 0 Å². The summed E-state index contributed by atoms with van der Waals surface area (Å²) in [5, 5.41) is 2.52. The van der Waals surface area contributed by atoms with Crippen LogP contribution in [0, 0.1) is 12.9 Å². The van der Waals surface area contributed by atoms with E-state index in [9.17, 15) is 9.18 Å². The van der Waals surface area contributed by atoms with Crippen molar-refractivity contribution in [1.29, 1.82) is 0 Å². The van der Waals surface area contributed by atoms with Crippen LogP contribution in [0.3, 0.4) is 0 Å². The van der Waals surface area contributed by atoms with Gasteiger partial charge in [-0.15, -0.1) is 0 Å². The molecule has 3 N–H and O–H groups in total. The number of anilines is 2. The number of rotatable bonds is 2. The average molecular weight is 245 g/mol. The molecule has 0 spiro atoms. The van der Waals surface area contributed by atoms with Gasteiger partial charge in [0.25, 0.3) is 5.91 Å². The zero-order valence-corrected chi connectivity index (χ0v) is 9.77. The van der Waals surface area contributed by atoms with Crippen molar-refractivity contribution < 1.29 is 9.18 Å². The predicted octanol–water partition coefficient (Wildman–Crippen LogP) is 2.36. The summed E-state index contributed by atoms with van der Waals surface area (Å²) in [6, 6.07) is 9.26. The molecule has 4 nitrogen and oxygen atoms in total. The molecular formula is C13H12FN3O. The van der Waals surface area contributed by atoms with E-state index in [1.54, 1.807) is 25.1 Å². The minimum absolute atomic E-state index is 0.168. The minimum atomic E-state index is -0.642. The minimum Gasteiger partial charge on any atom is -0.398 e. The van der Waals surface area contributed by atoms with Gasteiger partial charge in [0.2, 0.25) is 5.95 Å². The van der Waals surface area contributed by atoms with Crippen molar-refractivity contribution in [2.45, 2.75) is 6.92 Å². The molecule has 0 saturated carbocycles. The van der Waals surface area contributed by atoms with Crippen molar-refractivity contribution in [3.8, 4) is 0 Å². The second-order valence-corrected chi connectivity index (χ2v) is 3.82. The van der Waals surface area contributed by atoms with E-state index >= 15 is 0 Å². The fourth-order valence-electron chi connectivity index (χ4n) is 1.56. The summed E-state index contributed by atoms with van der Waals surface area (Å²) in [7, 11) is 0. The van der Waals surface area contributed by atoms with Gasteiger partial charge in [0.15, 0.2) is 0 Å². The van der Waals surface area contributed by atoms with E-state index in [1.165, 1.54) is 18.2 Å². The van der Waals surface area contributed by atoms with Gasteiger partial charge < -0.3 is 11.1 Å². The van der Waals surface area contributed by atoms with E-state index in [0.29, 0.717) is 16.8 Å². The van der Waals surface area contributed by atoms with Gasteiger partial charge in [-0.25, -0.2) is 4.98 Å². The lowest BCUT2D eigenvalue weighted by Crippen LogP contribution is -2.15. The van der Waals surface area contributed by atoms with Crippen molar-refractivity contribution in [2.75, 3.05) is 11.1 Å². The smallest absolute Gasteiger partial charge is 0.257 e. The number of hydrogen-bond acceptors (Lipinski definition) is 3. The van der Waals surface area contributed by atoms with E-state index < -0.39 is 5.95 Å². The van der Waals surface area contributed by atoms with Gasteiger partial charge in [-0.2, -0.15) is 4.39 Å². The Balaban J connectivity index is 2.25. The number of nitrogens with zero attached hydrogens (tertiary/aromatic N) is 1. The first-order chi connectivity index (χ1) is 8.58. The first-order valence-electron chi connectivity index (χ1n) is 5.37. The summed E-state index contributed by atoms with van der Waals surface area (Å²) >= 11 is 0. The SMILES string of the molecule is Cc1c(N)cccc1C(=O)Nc1cccc(F)n1. The van der Waals surface area contributed by atoms with Crippen LogP contribution in [-0.4, -0.2) is 10.9 Å². The van der Waals surface area contributed by atoms with Crippen LogP contribution in [0.15, 0.2) is 36.4 Å². The topological polar surface area (TPSA) is 68.0 Å². The van der Waals surface area contributed by atoms with Gasteiger partial charge in [-0.3, -0.25) is 4.79 Å². The lowest BCUT2D eigenvalue weighted by molar-refractivity contribution is 0.102. The normalized spacial score (nSPS) is 10.1. The summed E-state index contributed by atoms with van der Waals surface area (Å²) in [6.07, 6.45) is 0. The molecule has 92 valence electrons. The number of halogens is 1. The number of benzene rings is 1. The van der Waals surface area contributed by atoms with E-state index in [-0.39, 0.29) is 11.7 Å². The number of nitrogen functional groups attached to an aromatic ring is 1. The maximum absolute atomic E-state index is 12.9. The van der Waals surface area contributed by atoms with Crippen LogP contribution in [0.4, 0.5) is 15.9 Å². The van der Waals surface area contributed by atoms with Crippen LogP contribution in [0.1, 0.15) is 15.9 Å². The summed E-state index contributed by atoms with van der Waals surface area (Å²) in [6.45, 7) is 1.75. The van der Waals surface area contributed by atoms with Gasteiger partial charge in [-0.05, 0) is 36.8 Å². The Morgan fingerprint density at radius 1 is 1.28 bits per heavy atom. The Hall–Kier alpha value is -2.43. The number of pyridine rings is 1. The first kappa shape index (κ1) is 12.0. The molecule has 0 fully saturated rings. The molecule has 2 aromatic rings. The quantitative estimate of drug-likeness (QED) is 0.630. The van der Waals surface area contributed by atoms with E-state index in [1.807, 2.05) is 0 Å². The Morgan fingerprint density at radius 2 is 2.00 bits per heavy atom. The third kappa shape index (κ3) is 2.45. The van der Waals surface area contributed by atoms with Gasteiger partial charge in [0.05, 0.1) is 0 Å². The second kappa shape index (κ2) is 4.83. The molecule has 1 heterocycles. The molecule has 0 radical (unpaired) electrons. The summed E-state index contributed by atoms with van der Waals surface area (Å²) in [4.78, 5) is 15.5. The molecule has 18 heavy (non-hydrogen) atoms. The largest absolute Gasteiger partial charge is 0.398 e. The molecule has 1 amide bonds. The fraction of sp³-hybridized carbons (Fsp3) is 0.0769. The van der Waals surface area contributed by atoms with Gasteiger partial charge >= 0.3 is 0 Å². The fourth-order valence-corrected chi connectivity index (χ4v) is 1.56. The second-order valence-electron chi connectivity index (χ2n) is 3.82. The highest BCUT2D eigenvalue weighted by molar-refractivity contribution is 6.05. The molecular weight excluding hydrogens is 233 g/mol. The summed E-state index contributed by atoms with van der Waals surface area (Å²) in [5.41, 5.74) is 7.39. The standard InChI is InChI=1S/C13H12FN3O/c1-8-9(4-2-5-10(8)15)13(18)17-12-7-3-6-11(14)16-12/h2-7H,15H2,1H3,(H,16,17,18). The van der Waals surface area contributed by atoms with Crippen molar-refractivity contribution in [1.82, 2.24) is 4.98 Å². The van der Waals surface area contributed by atoms with Gasteiger partial charge in [0.1, 0.15) is 5.82 Å². The third-order valence-electron chi connectivity index (χ3n) is 2.58. The average Bonchev–Trinajstić information content (AvgIpc) is 2.32. The lowest BCUT2D eigenvalue weighted by Gasteiger charge is -2.08. The predicted molar refractivity (Wildman–Crippen MR) is 67.7 cm³/mol. The highest BCUT2D eigenvalue weighted by Gasteiger charge is 2.11. The number of amides is 1. The molecule has 0 saturated heterocycles. The van der Waals surface area contributed by atoms with Crippen LogP contribution in [0.5, 0.6) is 0 Å². The zero-order chi connectivity index (χ0) is 13.1. The van der Waals surface area contributed by atoms with Crippen LogP contribution in [-0.2, 0) is 0 Å². The number of aromatic nitrogens is 1. The van der Waals surface area contributed by atoms with E-state index in [2.05, 4.69) is 10.3 Å². The zero-order valence-electron chi connectivity index (χ0n) is 9.77. The van der Waals surface area contributed by atoms with Crippen LogP contribution < -0.4 is 11.1 Å². The Morgan fingerprint density at radius 3 is 2.72 bits per heavy atom. The van der Waals surface area contributed by atoms with Crippen LogP contribution in [0.25, 0.3) is 0 Å². The number of carbonyl (C=O) groups excluding carboxylic acids is 1. The molecule has 0 unspecified atom stereocenters. The summed E-state index contributed by atoms with van der Waals surface area (Å²) in [5.74, 6) is -0.836. The number of hydrogen-bond donors (Lipinski definition) is 2. The van der Waals surface area contributed by atoms with E-state index in [4.69, 9.17) is 5.73 Å². The molecule has 1 aromatic carbocycles. The molecule has 0 aliphatic carbocycles. The monoisotopic (exact) mass is 245 g/mol. The van der Waals surface area contributed by atoms with Crippen LogP contribution >= 0.6 is 0 Å². The molecule has 0 aliphatic heterocycles. The van der Waals surface area contributed by atoms with Crippen molar-refractivity contribution >= 4 is 17.4 Å².